The molecule has 0 amide bonds. The molecule has 6 unspecified atom stereocenters. The van der Waals surface area contributed by atoms with Crippen molar-refractivity contribution >= 4 is 33.8 Å². The number of aliphatic hydroxyl groups is 2. The van der Waals surface area contributed by atoms with Crippen molar-refractivity contribution in [2.45, 2.75) is 17.6 Å². The van der Waals surface area contributed by atoms with Crippen LogP contribution < -0.4 is 10.4 Å². The summed E-state index contributed by atoms with van der Waals surface area (Å²) in [6.07, 6.45) is 0.296. The SMILES string of the molecule is N#CC(O)C(C#N)C1C2=c3ccccc3=c3ccccc3=c3c(-c4cccs4)cccc3=C2C=CC1(c1cccs1)C(C#N)C(O)C#N. The van der Waals surface area contributed by atoms with Gasteiger partial charge in [-0.1, -0.05) is 91.0 Å². The van der Waals surface area contributed by atoms with Gasteiger partial charge in [0.25, 0.3) is 0 Å². The molecule has 6 nitrogen and oxygen atoms in total. The Balaban J connectivity index is 1.84. The molecule has 3 aromatic carbocycles. The van der Waals surface area contributed by atoms with Crippen LogP contribution in [0, 0.1) is 84.0 Å². The number of thiophene rings is 2. The number of fused-ring (bicyclic) bond motifs is 4. The number of rotatable bonds is 6. The predicted octanol–water partition coefficient (Wildman–Crippen LogP) is 5.54. The fraction of sp³-hybridized carbons (Fsp3) is 0.150. The number of nitriles is 4. The molecule has 48 heavy (non-hydrogen) atoms. The first kappa shape index (κ1) is 31.0. The molecule has 0 aliphatic heterocycles. The second kappa shape index (κ2) is 12.6. The van der Waals surface area contributed by atoms with Crippen LogP contribution >= 0.6 is 22.7 Å². The molecule has 5 aromatic rings. The van der Waals surface area contributed by atoms with Crippen molar-refractivity contribution < 1.29 is 10.2 Å². The van der Waals surface area contributed by atoms with Crippen LogP contribution in [0.15, 0.2) is 114 Å². The van der Waals surface area contributed by atoms with Crippen LogP contribution in [-0.4, -0.2) is 22.4 Å². The molecule has 7 rings (SSSR count). The van der Waals surface area contributed by atoms with E-state index in [0.29, 0.717) is 10.5 Å². The second-order valence-electron chi connectivity index (χ2n) is 11.8. The van der Waals surface area contributed by atoms with E-state index in [4.69, 9.17) is 0 Å². The van der Waals surface area contributed by atoms with Crippen LogP contribution in [0.1, 0.15) is 4.88 Å². The Morgan fingerprint density at radius 2 is 1.27 bits per heavy atom. The molecule has 0 saturated carbocycles. The topological polar surface area (TPSA) is 136 Å². The molecule has 6 atom stereocenters. The highest BCUT2D eigenvalue weighted by molar-refractivity contribution is 7.13. The molecule has 2 N–H and O–H groups in total. The van der Waals surface area contributed by atoms with Crippen LogP contribution in [0.4, 0.5) is 0 Å². The fourth-order valence-corrected chi connectivity index (χ4v) is 9.31. The molecule has 0 radical (unpaired) electrons. The summed E-state index contributed by atoms with van der Waals surface area (Å²) in [5.74, 6) is -3.73. The van der Waals surface area contributed by atoms with Crippen LogP contribution in [0.3, 0.4) is 0 Å². The summed E-state index contributed by atoms with van der Waals surface area (Å²) in [7, 11) is 0. The maximum Gasteiger partial charge on any atom is 0.157 e. The van der Waals surface area contributed by atoms with Gasteiger partial charge < -0.3 is 10.2 Å². The van der Waals surface area contributed by atoms with Gasteiger partial charge >= 0.3 is 0 Å². The zero-order valence-corrected chi connectivity index (χ0v) is 27.0. The van der Waals surface area contributed by atoms with Crippen molar-refractivity contribution in [2.24, 2.45) is 17.8 Å². The number of nitrogens with zero attached hydrogens (tertiary/aromatic N) is 4. The first-order valence-electron chi connectivity index (χ1n) is 15.3. The van der Waals surface area contributed by atoms with E-state index in [0.717, 1.165) is 47.3 Å². The summed E-state index contributed by atoms with van der Waals surface area (Å²) in [5, 5.41) is 73.5. The molecule has 8 heteroatoms. The quantitative estimate of drug-likeness (QED) is 0.230. The van der Waals surface area contributed by atoms with Crippen LogP contribution in [0.5, 0.6) is 0 Å². The molecular weight excluding hydrogens is 633 g/mol. The second-order valence-corrected chi connectivity index (χ2v) is 13.7. The molecule has 0 saturated heterocycles. The molecule has 0 spiro atoms. The summed E-state index contributed by atoms with van der Waals surface area (Å²) in [4.78, 5) is 1.72. The highest BCUT2D eigenvalue weighted by Gasteiger charge is 2.56. The van der Waals surface area contributed by atoms with Crippen LogP contribution in [-0.2, 0) is 5.41 Å². The van der Waals surface area contributed by atoms with Gasteiger partial charge in [0, 0.05) is 21.2 Å². The maximum absolute atomic E-state index is 11.3. The first-order valence-corrected chi connectivity index (χ1v) is 17.0. The van der Waals surface area contributed by atoms with E-state index in [1.807, 2.05) is 102 Å². The van der Waals surface area contributed by atoms with E-state index in [9.17, 15) is 31.3 Å². The van der Waals surface area contributed by atoms with Crippen molar-refractivity contribution in [1.82, 2.24) is 0 Å². The Labute approximate surface area is 284 Å². The third-order valence-corrected chi connectivity index (χ3v) is 11.5. The molecule has 0 fully saturated rings. The highest BCUT2D eigenvalue weighted by atomic mass is 32.1. The molecule has 2 aliphatic carbocycles. The average molecular weight is 659 g/mol. The zero-order chi connectivity index (χ0) is 33.4. The largest absolute Gasteiger partial charge is 0.377 e. The number of allylic oxidation sites excluding steroid dienone is 2. The minimum atomic E-state index is -1.74. The first-order chi connectivity index (χ1) is 23.5. The van der Waals surface area contributed by atoms with Gasteiger partial charge in [-0.2, -0.15) is 21.0 Å². The summed E-state index contributed by atoms with van der Waals surface area (Å²) in [5.41, 5.74) is 1.000. The van der Waals surface area contributed by atoms with Crippen molar-refractivity contribution in [1.29, 1.82) is 21.0 Å². The van der Waals surface area contributed by atoms with Gasteiger partial charge in [0.05, 0.1) is 35.6 Å². The third-order valence-electron chi connectivity index (χ3n) is 9.52. The van der Waals surface area contributed by atoms with E-state index < -0.39 is 35.4 Å². The average Bonchev–Trinajstić information content (AvgIpc) is 3.88. The summed E-state index contributed by atoms with van der Waals surface area (Å²) in [6, 6.07) is 38.1. The lowest BCUT2D eigenvalue weighted by atomic mass is 9.54. The Hall–Kier alpha value is -5.58. The molecular formula is C40H26N4O2S2. The summed E-state index contributed by atoms with van der Waals surface area (Å²) >= 11 is 2.98. The lowest BCUT2D eigenvalue weighted by molar-refractivity contribution is 0.0945. The predicted molar refractivity (Wildman–Crippen MR) is 184 cm³/mol. The van der Waals surface area contributed by atoms with Crippen molar-refractivity contribution in [3.05, 3.63) is 150 Å². The number of aliphatic hydroxyl groups excluding tert-OH is 2. The van der Waals surface area contributed by atoms with Crippen LogP contribution in [0.25, 0.3) is 21.6 Å². The molecule has 2 aromatic heterocycles. The fourth-order valence-electron chi connectivity index (χ4n) is 7.57. The van der Waals surface area contributed by atoms with Crippen molar-refractivity contribution in [3.8, 4) is 34.7 Å². The van der Waals surface area contributed by atoms with E-state index in [1.165, 1.54) is 11.3 Å². The zero-order valence-electron chi connectivity index (χ0n) is 25.4. The minimum Gasteiger partial charge on any atom is -0.377 e. The summed E-state index contributed by atoms with van der Waals surface area (Å²) < 4.78 is 0. The Morgan fingerprint density at radius 1 is 0.625 bits per heavy atom. The maximum atomic E-state index is 11.3. The minimum absolute atomic E-state index is 0.633. The number of benzene rings is 3. The van der Waals surface area contributed by atoms with Gasteiger partial charge in [-0.05, 0) is 65.4 Å². The van der Waals surface area contributed by atoms with E-state index in [1.54, 1.807) is 11.3 Å². The molecule has 230 valence electrons. The third kappa shape index (κ3) is 4.63. The van der Waals surface area contributed by atoms with Crippen molar-refractivity contribution in [3.63, 3.8) is 0 Å². The lowest BCUT2D eigenvalue weighted by Gasteiger charge is -2.47. The van der Waals surface area contributed by atoms with Gasteiger partial charge in [0.1, 0.15) is 5.92 Å². The van der Waals surface area contributed by atoms with Crippen molar-refractivity contribution in [2.75, 3.05) is 0 Å². The lowest BCUT2D eigenvalue weighted by Crippen LogP contribution is -2.52. The monoisotopic (exact) mass is 658 g/mol. The smallest absolute Gasteiger partial charge is 0.157 e. The Morgan fingerprint density at radius 3 is 1.90 bits per heavy atom. The number of hydrogen-bond donors (Lipinski definition) is 2. The van der Waals surface area contributed by atoms with E-state index in [-0.39, 0.29) is 0 Å². The van der Waals surface area contributed by atoms with Gasteiger partial charge in [-0.25, -0.2) is 0 Å². The summed E-state index contributed by atoms with van der Waals surface area (Å²) in [6.45, 7) is 0. The molecule has 2 aliphatic rings. The van der Waals surface area contributed by atoms with Gasteiger partial charge in [0.15, 0.2) is 12.2 Å². The number of hydrogen-bond acceptors (Lipinski definition) is 8. The van der Waals surface area contributed by atoms with Gasteiger partial charge in [-0.3, -0.25) is 0 Å². The van der Waals surface area contributed by atoms with Gasteiger partial charge in [-0.15, -0.1) is 22.7 Å². The Kier molecular flexibility index (Phi) is 8.12. The van der Waals surface area contributed by atoms with Gasteiger partial charge in [0.2, 0.25) is 0 Å². The Bertz CT molecular complexity index is 2590. The molecule has 0 bridgehead atoms. The molecule has 2 heterocycles. The normalized spacial score (nSPS) is 20.0. The van der Waals surface area contributed by atoms with E-state index in [2.05, 4.69) is 36.4 Å². The van der Waals surface area contributed by atoms with Crippen LogP contribution in [0.2, 0.25) is 0 Å². The van der Waals surface area contributed by atoms with E-state index >= 15 is 0 Å². The standard InChI is InChI=1S/C40H26N4O2S2/c41-20-31(33(45)22-43)39-38-27-11-4-2-9-25(27)24-8-1-3-10-26(24)37-28(12-5-13-30(37)35-14-6-18-47-35)29(38)16-17-40(39,36-15-7-19-48-36)32(21-42)34(46)23-44/h1-19,31-34,39,45-46H. The highest BCUT2D eigenvalue weighted by Crippen LogP contribution is 2.55.